The maximum Gasteiger partial charge on any atom is 0.0227 e. The van der Waals surface area contributed by atoms with Crippen molar-refractivity contribution in [3.05, 3.63) is 29.7 Å². The zero-order valence-corrected chi connectivity index (χ0v) is 11.0. The SMILES string of the molecule is C1=CC(C2CCCCC2)=C[C]1C1CCCCC1. The highest BCUT2D eigenvalue weighted by Gasteiger charge is 2.26. The molecule has 0 saturated heterocycles. The number of hydrogen-bond donors (Lipinski definition) is 0. The van der Waals surface area contributed by atoms with Gasteiger partial charge < -0.3 is 0 Å². The number of allylic oxidation sites excluding steroid dienone is 4. The summed E-state index contributed by atoms with van der Waals surface area (Å²) in [6, 6.07) is 0. The standard InChI is InChI=1S/C17H25/c1-3-7-14(8-4-1)16-11-12-17(13-16)15-9-5-2-6-10-15/h11-15H,1-10H2. The van der Waals surface area contributed by atoms with Crippen molar-refractivity contribution in [3.8, 4) is 0 Å². The molecule has 93 valence electrons. The molecule has 0 nitrogen and oxygen atoms in total. The van der Waals surface area contributed by atoms with Gasteiger partial charge in [-0.1, -0.05) is 56.8 Å². The summed E-state index contributed by atoms with van der Waals surface area (Å²) in [5.41, 5.74) is 1.66. The van der Waals surface area contributed by atoms with Crippen molar-refractivity contribution in [2.24, 2.45) is 11.8 Å². The van der Waals surface area contributed by atoms with E-state index in [1.54, 1.807) is 11.5 Å². The summed E-state index contributed by atoms with van der Waals surface area (Å²) in [5, 5.41) is 0. The molecule has 0 heterocycles. The molecule has 0 aromatic carbocycles. The Morgan fingerprint density at radius 1 is 0.647 bits per heavy atom. The van der Waals surface area contributed by atoms with Gasteiger partial charge in [-0.2, -0.15) is 0 Å². The molecule has 0 amide bonds. The summed E-state index contributed by atoms with van der Waals surface area (Å²) in [6.07, 6.45) is 21.9. The van der Waals surface area contributed by atoms with Crippen molar-refractivity contribution in [1.82, 2.24) is 0 Å². The van der Waals surface area contributed by atoms with Crippen LogP contribution in [0.4, 0.5) is 0 Å². The van der Waals surface area contributed by atoms with Gasteiger partial charge in [0.1, 0.15) is 0 Å². The van der Waals surface area contributed by atoms with Crippen molar-refractivity contribution >= 4 is 0 Å². The second-order valence-electron chi connectivity index (χ2n) is 6.15. The Labute approximate surface area is 106 Å². The van der Waals surface area contributed by atoms with E-state index in [0.29, 0.717) is 0 Å². The molecule has 0 N–H and O–H groups in total. The minimum Gasteiger partial charge on any atom is -0.0728 e. The largest absolute Gasteiger partial charge is 0.0728 e. The average molecular weight is 229 g/mol. The van der Waals surface area contributed by atoms with Gasteiger partial charge in [-0.05, 0) is 43.1 Å². The van der Waals surface area contributed by atoms with Gasteiger partial charge in [0.25, 0.3) is 0 Å². The summed E-state index contributed by atoms with van der Waals surface area (Å²) in [4.78, 5) is 0. The van der Waals surface area contributed by atoms with E-state index in [0.717, 1.165) is 11.8 Å². The molecule has 0 aliphatic heterocycles. The fourth-order valence-electron chi connectivity index (χ4n) is 3.86. The second kappa shape index (κ2) is 5.42. The molecule has 3 aliphatic rings. The molecule has 0 atom stereocenters. The van der Waals surface area contributed by atoms with Crippen LogP contribution >= 0.6 is 0 Å². The van der Waals surface area contributed by atoms with Crippen molar-refractivity contribution in [3.63, 3.8) is 0 Å². The van der Waals surface area contributed by atoms with Gasteiger partial charge in [0, 0.05) is 5.92 Å². The molecular weight excluding hydrogens is 204 g/mol. The van der Waals surface area contributed by atoms with Gasteiger partial charge >= 0.3 is 0 Å². The molecule has 0 bridgehead atoms. The Balaban J connectivity index is 1.62. The van der Waals surface area contributed by atoms with Crippen LogP contribution in [0.1, 0.15) is 64.2 Å². The Morgan fingerprint density at radius 2 is 1.24 bits per heavy atom. The van der Waals surface area contributed by atoms with Crippen molar-refractivity contribution in [2.45, 2.75) is 64.2 Å². The topological polar surface area (TPSA) is 0 Å². The first kappa shape index (κ1) is 11.6. The van der Waals surface area contributed by atoms with Crippen LogP contribution in [0.25, 0.3) is 0 Å². The third kappa shape index (κ3) is 2.67. The molecule has 0 spiro atoms. The average Bonchev–Trinajstić information content (AvgIpc) is 2.90. The van der Waals surface area contributed by atoms with Gasteiger partial charge in [0.15, 0.2) is 0 Å². The maximum absolute atomic E-state index is 2.55. The van der Waals surface area contributed by atoms with Crippen LogP contribution in [-0.4, -0.2) is 0 Å². The first-order valence-corrected chi connectivity index (χ1v) is 7.70. The Bertz CT molecular complexity index is 298. The van der Waals surface area contributed by atoms with E-state index in [2.05, 4.69) is 18.2 Å². The monoisotopic (exact) mass is 229 g/mol. The molecule has 3 rings (SSSR count). The second-order valence-corrected chi connectivity index (χ2v) is 6.15. The van der Waals surface area contributed by atoms with Gasteiger partial charge in [-0.15, -0.1) is 0 Å². The van der Waals surface area contributed by atoms with Crippen LogP contribution in [0.15, 0.2) is 23.8 Å². The lowest BCUT2D eigenvalue weighted by Gasteiger charge is -2.25. The van der Waals surface area contributed by atoms with E-state index in [1.165, 1.54) is 64.2 Å². The van der Waals surface area contributed by atoms with E-state index < -0.39 is 0 Å². The lowest BCUT2D eigenvalue weighted by molar-refractivity contribution is 0.387. The fraction of sp³-hybridized carbons (Fsp3) is 0.706. The molecule has 0 aromatic heterocycles. The summed E-state index contributed by atoms with van der Waals surface area (Å²) in [7, 11) is 0. The Kier molecular flexibility index (Phi) is 3.68. The first-order valence-electron chi connectivity index (χ1n) is 7.70. The van der Waals surface area contributed by atoms with Crippen LogP contribution in [0.2, 0.25) is 0 Å². The highest BCUT2D eigenvalue weighted by molar-refractivity contribution is 5.43. The zero-order chi connectivity index (χ0) is 11.5. The van der Waals surface area contributed by atoms with Gasteiger partial charge in [0.2, 0.25) is 0 Å². The maximum atomic E-state index is 2.55. The van der Waals surface area contributed by atoms with Gasteiger partial charge in [0.05, 0.1) is 0 Å². The van der Waals surface area contributed by atoms with E-state index in [4.69, 9.17) is 0 Å². The van der Waals surface area contributed by atoms with E-state index >= 15 is 0 Å². The smallest absolute Gasteiger partial charge is 0.0227 e. The van der Waals surface area contributed by atoms with Gasteiger partial charge in [-0.25, -0.2) is 0 Å². The van der Waals surface area contributed by atoms with Crippen molar-refractivity contribution in [2.75, 3.05) is 0 Å². The van der Waals surface area contributed by atoms with Crippen LogP contribution in [-0.2, 0) is 0 Å². The third-order valence-corrected chi connectivity index (χ3v) is 4.95. The predicted molar refractivity (Wildman–Crippen MR) is 73.6 cm³/mol. The minimum absolute atomic E-state index is 0.890. The molecule has 0 aromatic rings. The van der Waals surface area contributed by atoms with Crippen LogP contribution in [0.3, 0.4) is 0 Å². The van der Waals surface area contributed by atoms with E-state index in [9.17, 15) is 0 Å². The Morgan fingerprint density at radius 3 is 1.88 bits per heavy atom. The quantitative estimate of drug-likeness (QED) is 0.609. The summed E-state index contributed by atoms with van der Waals surface area (Å²) < 4.78 is 0. The van der Waals surface area contributed by atoms with Crippen molar-refractivity contribution in [1.29, 1.82) is 0 Å². The summed E-state index contributed by atoms with van der Waals surface area (Å²) in [6.45, 7) is 0. The van der Waals surface area contributed by atoms with Crippen LogP contribution < -0.4 is 0 Å². The molecular formula is C17H25. The zero-order valence-electron chi connectivity index (χ0n) is 11.0. The molecule has 1 radical (unpaired) electrons. The molecule has 2 saturated carbocycles. The highest BCUT2D eigenvalue weighted by Crippen LogP contribution is 2.40. The molecule has 17 heavy (non-hydrogen) atoms. The lowest BCUT2D eigenvalue weighted by atomic mass is 9.79. The first-order chi connectivity index (χ1) is 8.43. The summed E-state index contributed by atoms with van der Waals surface area (Å²) >= 11 is 0. The minimum atomic E-state index is 0.890. The van der Waals surface area contributed by atoms with E-state index in [-0.39, 0.29) is 0 Å². The molecule has 3 aliphatic carbocycles. The van der Waals surface area contributed by atoms with Crippen molar-refractivity contribution < 1.29 is 0 Å². The lowest BCUT2D eigenvalue weighted by Crippen LogP contribution is -2.12. The fourth-order valence-corrected chi connectivity index (χ4v) is 3.86. The highest BCUT2D eigenvalue weighted by atomic mass is 14.3. The van der Waals surface area contributed by atoms with Crippen LogP contribution in [0, 0.1) is 17.8 Å². The van der Waals surface area contributed by atoms with Gasteiger partial charge in [-0.3, -0.25) is 0 Å². The molecule has 0 unspecified atom stereocenters. The normalized spacial score (nSPS) is 28.6. The molecule has 0 heteroatoms. The predicted octanol–water partition coefficient (Wildman–Crippen LogP) is 5.22. The third-order valence-electron chi connectivity index (χ3n) is 4.95. The summed E-state index contributed by atoms with van der Waals surface area (Å²) in [5.74, 6) is 3.44. The number of hydrogen-bond acceptors (Lipinski definition) is 0. The number of rotatable bonds is 2. The molecule has 2 fully saturated rings. The Hall–Kier alpha value is -0.520. The van der Waals surface area contributed by atoms with Crippen LogP contribution in [0.5, 0.6) is 0 Å². The van der Waals surface area contributed by atoms with E-state index in [1.807, 2.05) is 0 Å².